The van der Waals surface area contributed by atoms with E-state index in [9.17, 15) is 9.59 Å². The van der Waals surface area contributed by atoms with Gasteiger partial charge in [-0.25, -0.2) is 0 Å². The van der Waals surface area contributed by atoms with Gasteiger partial charge in [-0.2, -0.15) is 0 Å². The Morgan fingerprint density at radius 2 is 1.59 bits per heavy atom. The number of amides is 2. The second-order valence-corrected chi connectivity index (χ2v) is 8.66. The van der Waals surface area contributed by atoms with Gasteiger partial charge >= 0.3 is 0 Å². The maximum Gasteiger partial charge on any atom is 0.277 e. The predicted octanol–water partition coefficient (Wildman–Crippen LogP) is 2.08. The molecule has 0 saturated carbocycles. The average molecular weight is 398 g/mol. The molecule has 2 atom stereocenters. The minimum Gasteiger partial charge on any atom is -0.379 e. The molecule has 3 aliphatic heterocycles. The molecule has 2 unspecified atom stereocenters. The number of imide groups is 1. The second-order valence-electron chi connectivity index (χ2n) is 8.66. The fourth-order valence-corrected chi connectivity index (χ4v) is 4.84. The van der Waals surface area contributed by atoms with E-state index in [-0.39, 0.29) is 11.8 Å². The highest BCUT2D eigenvalue weighted by molar-refractivity contribution is 6.35. The summed E-state index contributed by atoms with van der Waals surface area (Å²) in [5, 5.41) is 0. The molecule has 0 bridgehead atoms. The summed E-state index contributed by atoms with van der Waals surface area (Å²) < 4.78 is 5.40. The van der Waals surface area contributed by atoms with Gasteiger partial charge in [0.15, 0.2) is 0 Å². The highest BCUT2D eigenvalue weighted by atomic mass is 16.5. The lowest BCUT2D eigenvalue weighted by Gasteiger charge is -2.37. The summed E-state index contributed by atoms with van der Waals surface area (Å²) in [6.07, 6.45) is 1.16. The Bertz CT molecular complexity index is 776. The standard InChI is InChI=1S/C23H31N3O3/c1-17-14-18(2)16-25(15-17)21-20(19-6-4-3-5-7-19)22(27)26(23(21)28)9-8-24-10-12-29-13-11-24/h3-7,17-18H,8-16H2,1-2H3. The molecule has 6 heteroatoms. The van der Waals surface area contributed by atoms with Gasteiger partial charge in [-0.3, -0.25) is 19.4 Å². The van der Waals surface area contributed by atoms with Crippen molar-refractivity contribution in [3.8, 4) is 0 Å². The van der Waals surface area contributed by atoms with E-state index in [4.69, 9.17) is 4.74 Å². The van der Waals surface area contributed by atoms with Crippen LogP contribution in [0.25, 0.3) is 5.57 Å². The molecule has 29 heavy (non-hydrogen) atoms. The van der Waals surface area contributed by atoms with Crippen LogP contribution in [-0.2, 0) is 14.3 Å². The van der Waals surface area contributed by atoms with Crippen molar-refractivity contribution in [2.24, 2.45) is 11.8 Å². The van der Waals surface area contributed by atoms with E-state index in [1.165, 1.54) is 4.90 Å². The van der Waals surface area contributed by atoms with Crippen LogP contribution < -0.4 is 0 Å². The third-order valence-corrected chi connectivity index (χ3v) is 6.13. The fourth-order valence-electron chi connectivity index (χ4n) is 4.84. The molecule has 3 aliphatic rings. The minimum absolute atomic E-state index is 0.136. The number of carbonyl (C=O) groups excluding carboxylic acids is 2. The molecule has 6 nitrogen and oxygen atoms in total. The van der Waals surface area contributed by atoms with E-state index >= 15 is 0 Å². The van der Waals surface area contributed by atoms with Crippen LogP contribution in [0.2, 0.25) is 0 Å². The summed E-state index contributed by atoms with van der Waals surface area (Å²) in [4.78, 5) is 32.7. The molecular formula is C23H31N3O3. The van der Waals surface area contributed by atoms with E-state index < -0.39 is 0 Å². The zero-order valence-corrected chi connectivity index (χ0v) is 17.5. The molecule has 4 rings (SSSR count). The summed E-state index contributed by atoms with van der Waals surface area (Å²) in [5.41, 5.74) is 2.00. The van der Waals surface area contributed by atoms with Crippen LogP contribution in [0.15, 0.2) is 36.0 Å². The van der Waals surface area contributed by atoms with Crippen LogP contribution >= 0.6 is 0 Å². The van der Waals surface area contributed by atoms with Crippen LogP contribution in [0, 0.1) is 11.8 Å². The normalized spacial score (nSPS) is 26.6. The lowest BCUT2D eigenvalue weighted by molar-refractivity contribution is -0.138. The lowest BCUT2D eigenvalue weighted by Crippen LogP contribution is -2.45. The van der Waals surface area contributed by atoms with Gasteiger partial charge in [0.25, 0.3) is 11.8 Å². The molecule has 156 valence electrons. The molecule has 0 radical (unpaired) electrons. The summed E-state index contributed by atoms with van der Waals surface area (Å²) >= 11 is 0. The van der Waals surface area contributed by atoms with E-state index in [2.05, 4.69) is 23.6 Å². The molecule has 0 N–H and O–H groups in total. The van der Waals surface area contributed by atoms with E-state index in [0.29, 0.717) is 49.4 Å². The number of nitrogens with zero attached hydrogens (tertiary/aromatic N) is 3. The van der Waals surface area contributed by atoms with Gasteiger partial charge in [0.05, 0.1) is 18.8 Å². The van der Waals surface area contributed by atoms with Gasteiger partial charge in [-0.1, -0.05) is 44.2 Å². The van der Waals surface area contributed by atoms with E-state index in [1.54, 1.807) is 0 Å². The maximum atomic E-state index is 13.4. The van der Waals surface area contributed by atoms with Crippen LogP contribution in [0.4, 0.5) is 0 Å². The molecule has 0 aliphatic carbocycles. The minimum atomic E-state index is -0.157. The van der Waals surface area contributed by atoms with Crippen molar-refractivity contribution in [3.63, 3.8) is 0 Å². The zero-order valence-electron chi connectivity index (χ0n) is 17.5. The number of ether oxygens (including phenoxy) is 1. The highest BCUT2D eigenvalue weighted by Gasteiger charge is 2.42. The molecule has 1 aromatic carbocycles. The predicted molar refractivity (Wildman–Crippen MR) is 112 cm³/mol. The van der Waals surface area contributed by atoms with Crippen LogP contribution in [0.5, 0.6) is 0 Å². The van der Waals surface area contributed by atoms with Crippen LogP contribution in [0.1, 0.15) is 25.8 Å². The maximum absolute atomic E-state index is 13.4. The van der Waals surface area contributed by atoms with Crippen molar-refractivity contribution in [2.75, 3.05) is 52.5 Å². The summed E-state index contributed by atoms with van der Waals surface area (Å²) in [6, 6.07) is 9.66. The molecule has 2 saturated heterocycles. The van der Waals surface area contributed by atoms with Crippen molar-refractivity contribution in [3.05, 3.63) is 41.6 Å². The first kappa shape index (κ1) is 20.1. The van der Waals surface area contributed by atoms with Crippen molar-refractivity contribution in [2.45, 2.75) is 20.3 Å². The van der Waals surface area contributed by atoms with Gasteiger partial charge in [0.1, 0.15) is 5.70 Å². The summed E-state index contributed by atoms with van der Waals surface area (Å²) in [6.45, 7) is 10.4. The smallest absolute Gasteiger partial charge is 0.277 e. The number of likely N-dealkylation sites (tertiary alicyclic amines) is 1. The van der Waals surface area contributed by atoms with Gasteiger partial charge in [-0.05, 0) is 23.8 Å². The SMILES string of the molecule is CC1CC(C)CN(C2=C(c3ccccc3)C(=O)N(CCN3CCOCC3)C2=O)C1. The van der Waals surface area contributed by atoms with Crippen LogP contribution in [-0.4, -0.2) is 79.0 Å². The van der Waals surface area contributed by atoms with Crippen molar-refractivity contribution < 1.29 is 14.3 Å². The van der Waals surface area contributed by atoms with Gasteiger partial charge in [-0.15, -0.1) is 0 Å². The molecule has 0 aromatic heterocycles. The van der Waals surface area contributed by atoms with E-state index in [1.807, 2.05) is 30.3 Å². The van der Waals surface area contributed by atoms with Crippen molar-refractivity contribution in [1.82, 2.24) is 14.7 Å². The third kappa shape index (κ3) is 4.23. The Morgan fingerprint density at radius 1 is 0.931 bits per heavy atom. The Kier molecular flexibility index (Phi) is 6.01. The number of hydrogen-bond acceptors (Lipinski definition) is 5. The largest absolute Gasteiger partial charge is 0.379 e. The molecule has 0 spiro atoms. The number of hydrogen-bond donors (Lipinski definition) is 0. The molecule has 3 heterocycles. The Labute approximate surface area is 173 Å². The quantitative estimate of drug-likeness (QED) is 0.712. The monoisotopic (exact) mass is 397 g/mol. The van der Waals surface area contributed by atoms with Crippen molar-refractivity contribution in [1.29, 1.82) is 0 Å². The molecular weight excluding hydrogens is 366 g/mol. The second kappa shape index (κ2) is 8.67. The zero-order chi connectivity index (χ0) is 20.4. The number of rotatable bonds is 5. The van der Waals surface area contributed by atoms with Gasteiger partial charge < -0.3 is 9.64 Å². The number of benzene rings is 1. The highest BCUT2D eigenvalue weighted by Crippen LogP contribution is 2.34. The Hall–Kier alpha value is -2.18. The number of morpholine rings is 1. The topological polar surface area (TPSA) is 53.1 Å². The molecule has 2 amide bonds. The molecule has 2 fully saturated rings. The van der Waals surface area contributed by atoms with Gasteiger partial charge in [0, 0.05) is 39.3 Å². The first-order valence-corrected chi connectivity index (χ1v) is 10.8. The average Bonchev–Trinajstić information content (AvgIpc) is 2.97. The molecule has 1 aromatic rings. The van der Waals surface area contributed by atoms with Gasteiger partial charge in [0.2, 0.25) is 0 Å². The Morgan fingerprint density at radius 3 is 2.24 bits per heavy atom. The summed E-state index contributed by atoms with van der Waals surface area (Å²) in [5.74, 6) is 0.723. The number of carbonyl (C=O) groups is 2. The summed E-state index contributed by atoms with van der Waals surface area (Å²) in [7, 11) is 0. The third-order valence-electron chi connectivity index (χ3n) is 6.13. The first-order valence-electron chi connectivity index (χ1n) is 10.8. The lowest BCUT2D eigenvalue weighted by atomic mass is 9.91. The Balaban J connectivity index is 1.61. The van der Waals surface area contributed by atoms with Crippen molar-refractivity contribution >= 4 is 17.4 Å². The van der Waals surface area contributed by atoms with Crippen LogP contribution in [0.3, 0.4) is 0 Å². The first-order chi connectivity index (χ1) is 14.0. The van der Waals surface area contributed by atoms with E-state index in [0.717, 1.165) is 38.2 Å². The fraction of sp³-hybridized carbons (Fsp3) is 0.565. The number of piperidine rings is 1.